The number of ether oxygens (including phenoxy) is 1. The summed E-state index contributed by atoms with van der Waals surface area (Å²) >= 11 is 0. The average Bonchev–Trinajstić information content (AvgIpc) is 2.93. The lowest BCUT2D eigenvalue weighted by molar-refractivity contribution is 0.362. The third-order valence-corrected chi connectivity index (χ3v) is 6.24. The minimum Gasteiger partial charge on any atom is -0.497 e. The number of sulfonamides is 1. The molecule has 0 bridgehead atoms. The minimum atomic E-state index is -3.32. The molecule has 0 saturated heterocycles. The zero-order valence-corrected chi connectivity index (χ0v) is 16.7. The Morgan fingerprint density at radius 1 is 1.18 bits per heavy atom. The molecule has 4 rings (SSSR count). The lowest BCUT2D eigenvalue weighted by Crippen LogP contribution is -2.41. The number of nitrogens with zero attached hydrogens (tertiary/aromatic N) is 2. The third-order valence-electron chi connectivity index (χ3n) is 5.63. The summed E-state index contributed by atoms with van der Waals surface area (Å²) in [6.45, 7) is 0. The van der Waals surface area contributed by atoms with Crippen LogP contribution in [-0.2, 0) is 10.0 Å². The second-order valence-electron chi connectivity index (χ2n) is 7.46. The number of nitrogens with one attached hydrogen (secondary N) is 1. The van der Waals surface area contributed by atoms with Crippen molar-refractivity contribution in [2.24, 2.45) is 0 Å². The molecule has 2 atom stereocenters. The third kappa shape index (κ3) is 3.29. The number of fused-ring (bicyclic) bond motifs is 1. The van der Waals surface area contributed by atoms with Gasteiger partial charge in [-0.25, -0.2) is 8.42 Å². The molecule has 146 valence electrons. The van der Waals surface area contributed by atoms with Crippen LogP contribution in [0.1, 0.15) is 42.3 Å². The maximum absolute atomic E-state index is 11.5. The maximum atomic E-state index is 11.5. The monoisotopic (exact) mass is 397 g/mol. The molecule has 1 aliphatic carbocycles. The van der Waals surface area contributed by atoms with Crippen molar-refractivity contribution in [1.29, 1.82) is 5.26 Å². The molecule has 2 aromatic rings. The van der Waals surface area contributed by atoms with Crippen LogP contribution in [0.2, 0.25) is 0 Å². The van der Waals surface area contributed by atoms with Crippen LogP contribution in [0.15, 0.2) is 42.5 Å². The zero-order chi connectivity index (χ0) is 19.9. The van der Waals surface area contributed by atoms with Crippen LogP contribution in [0.25, 0.3) is 0 Å². The fourth-order valence-electron chi connectivity index (χ4n) is 4.16. The summed E-state index contributed by atoms with van der Waals surface area (Å²) in [6, 6.07) is 16.1. The fourth-order valence-corrected chi connectivity index (χ4v) is 4.73. The summed E-state index contributed by atoms with van der Waals surface area (Å²) in [6.07, 6.45) is 4.55. The van der Waals surface area contributed by atoms with E-state index >= 15 is 0 Å². The number of nitriles is 1. The number of methoxy groups -OCH3 is 1. The maximum Gasteiger partial charge on any atom is 0.229 e. The summed E-state index contributed by atoms with van der Waals surface area (Å²) in [5.74, 6) is 0.503. The number of rotatable bonds is 5. The number of anilines is 2. The second kappa shape index (κ2) is 7.02. The van der Waals surface area contributed by atoms with E-state index in [1.165, 1.54) is 6.42 Å². The van der Waals surface area contributed by atoms with E-state index in [0.29, 0.717) is 11.7 Å². The van der Waals surface area contributed by atoms with Gasteiger partial charge in [0.05, 0.1) is 31.4 Å². The first-order valence-corrected chi connectivity index (χ1v) is 11.2. The van der Waals surface area contributed by atoms with Crippen molar-refractivity contribution in [2.75, 3.05) is 23.0 Å². The van der Waals surface area contributed by atoms with Gasteiger partial charge in [0, 0.05) is 23.5 Å². The van der Waals surface area contributed by atoms with E-state index in [1.807, 2.05) is 30.3 Å². The van der Waals surface area contributed by atoms with E-state index in [1.54, 1.807) is 19.2 Å². The predicted molar refractivity (Wildman–Crippen MR) is 109 cm³/mol. The Bertz CT molecular complexity index is 1020. The highest BCUT2D eigenvalue weighted by atomic mass is 32.2. The zero-order valence-electron chi connectivity index (χ0n) is 15.9. The van der Waals surface area contributed by atoms with Gasteiger partial charge in [-0.15, -0.1) is 0 Å². The van der Waals surface area contributed by atoms with Crippen LogP contribution in [0, 0.1) is 11.3 Å². The van der Waals surface area contributed by atoms with Crippen molar-refractivity contribution < 1.29 is 13.2 Å². The largest absolute Gasteiger partial charge is 0.497 e. The molecule has 2 unspecified atom stereocenters. The van der Waals surface area contributed by atoms with Crippen molar-refractivity contribution in [3.63, 3.8) is 0 Å². The van der Waals surface area contributed by atoms with Gasteiger partial charge in [-0.1, -0.05) is 18.2 Å². The standard InChI is InChI=1S/C21H23N3O3S/c1-27-17-10-11-18-19(13-22)21(24(20(18)12-17)16-4-3-5-16)14-6-8-15(9-7-14)23-28(2,25)26/h6-12,16,19,21,23H,3-5H2,1-2H3. The Hall–Kier alpha value is -2.72. The Balaban J connectivity index is 1.75. The van der Waals surface area contributed by atoms with Crippen LogP contribution in [0.5, 0.6) is 5.75 Å². The fraction of sp³-hybridized carbons (Fsp3) is 0.381. The van der Waals surface area contributed by atoms with Gasteiger partial charge in [-0.05, 0) is 48.6 Å². The molecular weight excluding hydrogens is 374 g/mol. The van der Waals surface area contributed by atoms with E-state index in [0.717, 1.165) is 41.7 Å². The molecule has 7 heteroatoms. The van der Waals surface area contributed by atoms with Crippen molar-refractivity contribution >= 4 is 21.4 Å². The Labute approximate surface area is 165 Å². The van der Waals surface area contributed by atoms with Crippen LogP contribution >= 0.6 is 0 Å². The van der Waals surface area contributed by atoms with E-state index in [9.17, 15) is 13.7 Å². The van der Waals surface area contributed by atoms with E-state index in [2.05, 4.69) is 15.7 Å². The van der Waals surface area contributed by atoms with Gasteiger partial charge in [0.15, 0.2) is 0 Å². The predicted octanol–water partition coefficient (Wildman–Crippen LogP) is 3.79. The summed E-state index contributed by atoms with van der Waals surface area (Å²) in [5.41, 5.74) is 3.62. The summed E-state index contributed by atoms with van der Waals surface area (Å²) < 4.78 is 30.8. The molecular formula is C21H23N3O3S. The molecule has 0 radical (unpaired) electrons. The molecule has 1 saturated carbocycles. The van der Waals surface area contributed by atoms with Crippen molar-refractivity contribution in [2.45, 2.75) is 37.3 Å². The molecule has 0 spiro atoms. The van der Waals surface area contributed by atoms with Gasteiger partial charge >= 0.3 is 0 Å². The van der Waals surface area contributed by atoms with Crippen molar-refractivity contribution in [1.82, 2.24) is 0 Å². The molecule has 28 heavy (non-hydrogen) atoms. The van der Waals surface area contributed by atoms with Gasteiger partial charge in [0.1, 0.15) is 5.75 Å². The Morgan fingerprint density at radius 3 is 2.43 bits per heavy atom. The first-order chi connectivity index (χ1) is 13.4. The van der Waals surface area contributed by atoms with Crippen LogP contribution in [0.3, 0.4) is 0 Å². The molecule has 1 heterocycles. The highest BCUT2D eigenvalue weighted by Gasteiger charge is 2.44. The van der Waals surface area contributed by atoms with E-state index in [-0.39, 0.29) is 12.0 Å². The van der Waals surface area contributed by atoms with Gasteiger partial charge < -0.3 is 9.64 Å². The van der Waals surface area contributed by atoms with Gasteiger partial charge in [-0.3, -0.25) is 4.72 Å². The Kier molecular flexibility index (Phi) is 4.68. The van der Waals surface area contributed by atoms with Crippen LogP contribution in [0.4, 0.5) is 11.4 Å². The smallest absolute Gasteiger partial charge is 0.229 e. The molecule has 2 aliphatic rings. The normalized spacial score (nSPS) is 21.5. The van der Waals surface area contributed by atoms with E-state index in [4.69, 9.17) is 4.74 Å². The lowest BCUT2D eigenvalue weighted by atomic mass is 9.87. The lowest BCUT2D eigenvalue weighted by Gasteiger charge is -2.41. The average molecular weight is 398 g/mol. The molecule has 6 nitrogen and oxygen atoms in total. The van der Waals surface area contributed by atoms with Gasteiger partial charge in [0.2, 0.25) is 10.0 Å². The molecule has 1 N–H and O–H groups in total. The van der Waals surface area contributed by atoms with Gasteiger partial charge in [-0.2, -0.15) is 5.26 Å². The highest BCUT2D eigenvalue weighted by molar-refractivity contribution is 7.92. The van der Waals surface area contributed by atoms with Crippen molar-refractivity contribution in [3.05, 3.63) is 53.6 Å². The molecule has 0 aromatic heterocycles. The SMILES string of the molecule is COc1ccc2c(c1)N(C1CCC1)C(c1ccc(NS(C)(=O)=O)cc1)C2C#N. The quantitative estimate of drug-likeness (QED) is 0.830. The highest BCUT2D eigenvalue weighted by Crippen LogP contribution is 2.53. The summed E-state index contributed by atoms with van der Waals surface area (Å²) in [5, 5.41) is 9.97. The topological polar surface area (TPSA) is 82.4 Å². The minimum absolute atomic E-state index is 0.0929. The molecule has 2 aromatic carbocycles. The second-order valence-corrected chi connectivity index (χ2v) is 9.21. The first kappa shape index (κ1) is 18.6. The molecule has 0 amide bonds. The first-order valence-electron chi connectivity index (χ1n) is 9.35. The van der Waals surface area contributed by atoms with Crippen molar-refractivity contribution in [3.8, 4) is 11.8 Å². The van der Waals surface area contributed by atoms with E-state index < -0.39 is 10.0 Å². The number of hydrogen-bond donors (Lipinski definition) is 1. The number of hydrogen-bond acceptors (Lipinski definition) is 5. The number of benzene rings is 2. The van der Waals surface area contributed by atoms with Crippen LogP contribution < -0.4 is 14.4 Å². The molecule has 1 fully saturated rings. The van der Waals surface area contributed by atoms with Crippen LogP contribution in [-0.4, -0.2) is 27.8 Å². The Morgan fingerprint density at radius 2 is 1.89 bits per heavy atom. The summed E-state index contributed by atoms with van der Waals surface area (Å²) in [7, 11) is -1.67. The summed E-state index contributed by atoms with van der Waals surface area (Å²) in [4.78, 5) is 2.37. The molecule has 1 aliphatic heterocycles. The van der Waals surface area contributed by atoms with Gasteiger partial charge in [0.25, 0.3) is 0 Å².